The monoisotopic (exact) mass is 215 g/mol. The summed E-state index contributed by atoms with van der Waals surface area (Å²) in [7, 11) is 2.08. The van der Waals surface area contributed by atoms with Gasteiger partial charge in [-0.15, -0.1) is 0 Å². The Morgan fingerprint density at radius 1 is 1.40 bits per heavy atom. The van der Waals surface area contributed by atoms with Crippen molar-refractivity contribution in [3.63, 3.8) is 0 Å². The standard InChI is InChI=1S/C10H21N3O2/c1-3-4-9(10(14)15)11-13-7-5-12(2)6-8-13/h9,11H,3-8H2,1-2H3,(H,14,15). The number of rotatable bonds is 5. The van der Waals surface area contributed by atoms with Crippen LogP contribution in [0.25, 0.3) is 0 Å². The molecule has 1 atom stereocenters. The normalized spacial score (nSPS) is 21.5. The number of carboxylic acids is 1. The molecule has 1 fully saturated rings. The molecule has 0 aromatic carbocycles. The maximum Gasteiger partial charge on any atom is 0.322 e. The highest BCUT2D eigenvalue weighted by molar-refractivity contribution is 5.73. The number of aliphatic carboxylic acids is 1. The van der Waals surface area contributed by atoms with Gasteiger partial charge in [0.1, 0.15) is 6.04 Å². The lowest BCUT2D eigenvalue weighted by atomic mass is 10.2. The maximum atomic E-state index is 10.9. The molecule has 0 aliphatic carbocycles. The fraction of sp³-hybridized carbons (Fsp3) is 0.900. The van der Waals surface area contributed by atoms with Crippen LogP contribution >= 0.6 is 0 Å². The van der Waals surface area contributed by atoms with E-state index in [0.717, 1.165) is 32.6 Å². The van der Waals surface area contributed by atoms with Gasteiger partial charge in [-0.3, -0.25) is 4.79 Å². The van der Waals surface area contributed by atoms with Gasteiger partial charge < -0.3 is 10.0 Å². The van der Waals surface area contributed by atoms with Gasteiger partial charge in [0.2, 0.25) is 0 Å². The summed E-state index contributed by atoms with van der Waals surface area (Å²) < 4.78 is 0. The quantitative estimate of drug-likeness (QED) is 0.675. The minimum Gasteiger partial charge on any atom is -0.480 e. The van der Waals surface area contributed by atoms with Crippen LogP contribution in [0.1, 0.15) is 19.8 Å². The Labute approximate surface area is 91.0 Å². The van der Waals surface area contributed by atoms with Crippen LogP contribution in [0.4, 0.5) is 0 Å². The zero-order valence-corrected chi connectivity index (χ0v) is 9.57. The molecule has 15 heavy (non-hydrogen) atoms. The number of hydrogen-bond acceptors (Lipinski definition) is 4. The summed E-state index contributed by atoms with van der Waals surface area (Å²) in [6.45, 7) is 5.77. The second kappa shape index (κ2) is 6.05. The second-order valence-electron chi connectivity index (χ2n) is 4.10. The summed E-state index contributed by atoms with van der Waals surface area (Å²) in [6, 6.07) is -0.432. The minimum atomic E-state index is -0.754. The van der Waals surface area contributed by atoms with Gasteiger partial charge in [0, 0.05) is 26.2 Å². The van der Waals surface area contributed by atoms with Crippen LogP contribution in [0.2, 0.25) is 0 Å². The molecule has 1 aliphatic heterocycles. The van der Waals surface area contributed by atoms with E-state index in [1.165, 1.54) is 0 Å². The summed E-state index contributed by atoms with van der Waals surface area (Å²) >= 11 is 0. The van der Waals surface area contributed by atoms with Gasteiger partial charge in [-0.1, -0.05) is 13.3 Å². The van der Waals surface area contributed by atoms with Crippen molar-refractivity contribution >= 4 is 5.97 Å². The SMILES string of the molecule is CCCC(NN1CCN(C)CC1)C(=O)O. The number of nitrogens with one attached hydrogen (secondary N) is 1. The largest absolute Gasteiger partial charge is 0.480 e. The van der Waals surface area contributed by atoms with E-state index in [2.05, 4.69) is 17.4 Å². The first-order chi connectivity index (χ1) is 7.13. The number of piperazine rings is 1. The summed E-state index contributed by atoms with van der Waals surface area (Å²) in [4.78, 5) is 13.2. The Morgan fingerprint density at radius 2 is 2.00 bits per heavy atom. The molecule has 1 heterocycles. The van der Waals surface area contributed by atoms with E-state index >= 15 is 0 Å². The third kappa shape index (κ3) is 4.15. The van der Waals surface area contributed by atoms with Gasteiger partial charge >= 0.3 is 5.97 Å². The Balaban J connectivity index is 2.34. The molecule has 1 saturated heterocycles. The number of likely N-dealkylation sites (N-methyl/N-ethyl adjacent to an activating group) is 1. The van der Waals surface area contributed by atoms with E-state index in [1.54, 1.807) is 0 Å². The van der Waals surface area contributed by atoms with Crippen LogP contribution in [-0.4, -0.2) is 60.3 Å². The van der Waals surface area contributed by atoms with Crippen molar-refractivity contribution in [1.82, 2.24) is 15.3 Å². The molecule has 0 saturated carbocycles. The van der Waals surface area contributed by atoms with Crippen LogP contribution in [0, 0.1) is 0 Å². The summed E-state index contributed by atoms with van der Waals surface area (Å²) in [5, 5.41) is 11.0. The minimum absolute atomic E-state index is 0.432. The highest BCUT2D eigenvalue weighted by Crippen LogP contribution is 2.01. The molecule has 0 spiro atoms. The molecule has 0 aromatic rings. The number of carboxylic acid groups (broad SMARTS) is 1. The predicted octanol–water partition coefficient (Wildman–Crippen LogP) is -0.00830. The summed E-state index contributed by atoms with van der Waals surface area (Å²) in [5.74, 6) is -0.754. The molecule has 1 rings (SSSR count). The number of hydrazine groups is 1. The van der Waals surface area contributed by atoms with Gasteiger partial charge in [-0.25, -0.2) is 10.4 Å². The summed E-state index contributed by atoms with van der Waals surface area (Å²) in [6.07, 6.45) is 1.57. The molecule has 0 amide bonds. The van der Waals surface area contributed by atoms with Crippen molar-refractivity contribution < 1.29 is 9.90 Å². The van der Waals surface area contributed by atoms with Gasteiger partial charge in [0.25, 0.3) is 0 Å². The van der Waals surface area contributed by atoms with Gasteiger partial charge in [0.05, 0.1) is 0 Å². The number of carbonyl (C=O) groups is 1. The highest BCUT2D eigenvalue weighted by Gasteiger charge is 2.21. The van der Waals surface area contributed by atoms with Gasteiger partial charge in [-0.05, 0) is 13.5 Å². The van der Waals surface area contributed by atoms with Crippen LogP contribution < -0.4 is 5.43 Å². The van der Waals surface area contributed by atoms with Crippen LogP contribution in [0.5, 0.6) is 0 Å². The number of nitrogens with zero attached hydrogens (tertiary/aromatic N) is 2. The van der Waals surface area contributed by atoms with Crippen LogP contribution in [-0.2, 0) is 4.79 Å². The van der Waals surface area contributed by atoms with E-state index in [9.17, 15) is 4.79 Å². The van der Waals surface area contributed by atoms with Crippen molar-refractivity contribution in [2.75, 3.05) is 33.2 Å². The van der Waals surface area contributed by atoms with E-state index in [-0.39, 0.29) is 0 Å². The fourth-order valence-corrected chi connectivity index (χ4v) is 1.69. The van der Waals surface area contributed by atoms with E-state index in [0.29, 0.717) is 6.42 Å². The van der Waals surface area contributed by atoms with Crippen LogP contribution in [0.3, 0.4) is 0 Å². The molecule has 1 aliphatic rings. The smallest absolute Gasteiger partial charge is 0.322 e. The molecule has 0 aromatic heterocycles. The van der Waals surface area contributed by atoms with Crippen molar-refractivity contribution in [3.8, 4) is 0 Å². The molecule has 0 radical (unpaired) electrons. The first kappa shape index (κ1) is 12.4. The molecule has 88 valence electrons. The first-order valence-electron chi connectivity index (χ1n) is 5.56. The Kier molecular flexibility index (Phi) is 5.01. The molecular formula is C10H21N3O2. The lowest BCUT2D eigenvalue weighted by Crippen LogP contribution is -2.55. The number of hydrogen-bond donors (Lipinski definition) is 2. The maximum absolute atomic E-state index is 10.9. The van der Waals surface area contributed by atoms with E-state index in [1.807, 2.05) is 11.9 Å². The highest BCUT2D eigenvalue weighted by atomic mass is 16.4. The van der Waals surface area contributed by atoms with Gasteiger partial charge in [0.15, 0.2) is 0 Å². The molecule has 5 nitrogen and oxygen atoms in total. The Hall–Kier alpha value is -0.650. The van der Waals surface area contributed by atoms with E-state index < -0.39 is 12.0 Å². The Bertz CT molecular complexity index is 203. The fourth-order valence-electron chi connectivity index (χ4n) is 1.69. The Morgan fingerprint density at radius 3 is 2.47 bits per heavy atom. The van der Waals surface area contributed by atoms with Crippen molar-refractivity contribution in [1.29, 1.82) is 0 Å². The average Bonchev–Trinajstić information content (AvgIpc) is 2.20. The van der Waals surface area contributed by atoms with Gasteiger partial charge in [-0.2, -0.15) is 0 Å². The first-order valence-corrected chi connectivity index (χ1v) is 5.56. The molecule has 1 unspecified atom stereocenters. The molecule has 2 N–H and O–H groups in total. The van der Waals surface area contributed by atoms with Crippen molar-refractivity contribution in [2.45, 2.75) is 25.8 Å². The van der Waals surface area contributed by atoms with Crippen LogP contribution in [0.15, 0.2) is 0 Å². The summed E-state index contributed by atoms with van der Waals surface area (Å²) in [5.41, 5.74) is 3.08. The van der Waals surface area contributed by atoms with Crippen molar-refractivity contribution in [3.05, 3.63) is 0 Å². The zero-order valence-electron chi connectivity index (χ0n) is 9.57. The lowest BCUT2D eigenvalue weighted by Gasteiger charge is -2.34. The predicted molar refractivity (Wildman–Crippen MR) is 58.5 cm³/mol. The third-order valence-electron chi connectivity index (χ3n) is 2.72. The zero-order chi connectivity index (χ0) is 11.3. The topological polar surface area (TPSA) is 55.8 Å². The third-order valence-corrected chi connectivity index (χ3v) is 2.72. The molecule has 0 bridgehead atoms. The molecule has 5 heteroatoms. The second-order valence-corrected chi connectivity index (χ2v) is 4.10. The molecular weight excluding hydrogens is 194 g/mol. The van der Waals surface area contributed by atoms with Crippen molar-refractivity contribution in [2.24, 2.45) is 0 Å². The average molecular weight is 215 g/mol. The lowest BCUT2D eigenvalue weighted by molar-refractivity contribution is -0.141. The van der Waals surface area contributed by atoms with E-state index in [4.69, 9.17) is 5.11 Å².